The van der Waals surface area contributed by atoms with Gasteiger partial charge in [-0.1, -0.05) is 24.3 Å². The zero-order chi connectivity index (χ0) is 35.8. The van der Waals surface area contributed by atoms with Crippen molar-refractivity contribution in [1.29, 1.82) is 5.26 Å². The molecule has 3 aromatic carbocycles. The lowest BCUT2D eigenvalue weighted by atomic mass is 9.71. The number of esters is 1. The molecule has 11 nitrogen and oxygen atoms in total. The smallest absolute Gasteiger partial charge is 0.335 e. The minimum Gasteiger partial charge on any atom is -0.504 e. The van der Waals surface area contributed by atoms with Crippen LogP contribution >= 0.6 is 11.8 Å². The molecule has 52 heavy (non-hydrogen) atoms. The van der Waals surface area contributed by atoms with Crippen LogP contribution in [0.4, 0.5) is 0 Å². The summed E-state index contributed by atoms with van der Waals surface area (Å²) in [5.41, 5.74) is 7.39. The molecule has 2 saturated heterocycles. The first-order chi connectivity index (χ1) is 25.2. The number of methoxy groups -OCH3 is 1. The lowest BCUT2D eigenvalue weighted by Gasteiger charge is -2.62. The molecule has 0 radical (unpaired) electrons. The Bertz CT molecular complexity index is 2260. The van der Waals surface area contributed by atoms with Crippen molar-refractivity contribution in [2.75, 3.05) is 39.9 Å². The predicted octanol–water partition coefficient (Wildman–Crippen LogP) is 5.40. The number of piperazine rings is 1. The number of rotatable bonds is 1. The number of furan rings is 1. The molecule has 7 atom stereocenters. The molecule has 2 N–H and O–H groups in total. The SMILES string of the molecule is COc1c(C)cc2c(c1O)[C@@H]1[C@@H]3[C@@H]4SC[C@]5(NCCc6c5oc5ccccc65)C(=O)OC[C@@H](c5c6c(c(C)c(C)c54)OCO6)N3[C@@H](C#N)[C@H](C2)N1C. The molecule has 7 aliphatic heterocycles. The van der Waals surface area contributed by atoms with Gasteiger partial charge in [-0.3, -0.25) is 15.1 Å². The lowest BCUT2D eigenvalue weighted by Crippen LogP contribution is -2.69. The number of likely N-dealkylation sites (N-methyl/N-ethyl adjacent to an activating group) is 1. The molecule has 4 bridgehead atoms. The third kappa shape index (κ3) is 4.00. The highest BCUT2D eigenvalue weighted by molar-refractivity contribution is 7.99. The topological polar surface area (TPSA) is 130 Å². The Kier molecular flexibility index (Phi) is 7.01. The molecule has 0 saturated carbocycles. The van der Waals surface area contributed by atoms with Gasteiger partial charge in [-0.2, -0.15) is 5.26 Å². The van der Waals surface area contributed by atoms with E-state index in [9.17, 15) is 15.2 Å². The summed E-state index contributed by atoms with van der Waals surface area (Å²) >= 11 is 1.68. The monoisotopic (exact) mass is 720 g/mol. The Hall–Kier alpha value is -4.41. The van der Waals surface area contributed by atoms with Crippen LogP contribution in [-0.4, -0.2) is 78.9 Å². The van der Waals surface area contributed by atoms with E-state index in [1.807, 2.05) is 25.1 Å². The summed E-state index contributed by atoms with van der Waals surface area (Å²) in [5.74, 6) is 2.51. The van der Waals surface area contributed by atoms with Crippen LogP contribution in [0.1, 0.15) is 67.6 Å². The number of benzene rings is 3. The number of thioether (sulfide) groups is 1. The number of aromatic hydroxyl groups is 1. The first-order valence-corrected chi connectivity index (χ1v) is 19.0. The van der Waals surface area contributed by atoms with Gasteiger partial charge in [0.05, 0.1) is 25.3 Å². The van der Waals surface area contributed by atoms with E-state index in [0.29, 0.717) is 41.7 Å². The molecule has 268 valence electrons. The molecule has 12 heteroatoms. The maximum Gasteiger partial charge on any atom is 0.335 e. The number of nitriles is 1. The number of ether oxygens (including phenoxy) is 4. The summed E-state index contributed by atoms with van der Waals surface area (Å²) < 4.78 is 31.2. The van der Waals surface area contributed by atoms with E-state index in [0.717, 1.165) is 61.9 Å². The standard InChI is InChI=1S/C40H40N4O7S/c1-18-12-21-13-24-25(14-41)44-26-15-48-39(46)40(38-23(10-11-42-40)22-8-6-7-9-27(22)51-38)16-52-37(28-19(2)20(3)35-36(30(26)28)50-17-49-35)32(44)31(43(24)4)29(21)33(45)34(18)47-5/h6-9,12,24-26,31-32,37,42,45H,10-11,13,15-17H2,1-5H3/t24-,25-,26-,31+,32+,37+,40+/m0/s1. The van der Waals surface area contributed by atoms with Crippen molar-refractivity contribution in [1.82, 2.24) is 15.1 Å². The predicted molar refractivity (Wildman–Crippen MR) is 193 cm³/mol. The molecule has 2 fully saturated rings. The second-order valence-corrected chi connectivity index (χ2v) is 16.1. The maximum atomic E-state index is 14.7. The number of carbonyl (C=O) groups excluding carboxylic acids is 1. The molecule has 0 unspecified atom stereocenters. The van der Waals surface area contributed by atoms with Gasteiger partial charge in [0.25, 0.3) is 0 Å². The molecular formula is C40H40N4O7S. The van der Waals surface area contributed by atoms with Crippen LogP contribution in [-0.2, 0) is 27.9 Å². The van der Waals surface area contributed by atoms with Crippen molar-refractivity contribution in [2.45, 2.75) is 74.6 Å². The average Bonchev–Trinajstić information content (AvgIpc) is 3.78. The number of nitrogens with zero attached hydrogens (tertiary/aromatic N) is 3. The summed E-state index contributed by atoms with van der Waals surface area (Å²) in [5, 5.41) is 27.5. The van der Waals surface area contributed by atoms with Crippen LogP contribution in [0.25, 0.3) is 11.0 Å². The normalized spacial score (nSPS) is 30.3. The molecule has 1 aromatic heterocycles. The van der Waals surface area contributed by atoms with E-state index in [4.69, 9.17) is 23.4 Å². The highest BCUT2D eigenvalue weighted by Gasteiger charge is 2.61. The van der Waals surface area contributed by atoms with Crippen molar-refractivity contribution in [2.24, 2.45) is 0 Å². The molecule has 0 aliphatic carbocycles. The molecule has 1 spiro atoms. The number of phenolic OH excluding ortho intramolecular Hbond substituents is 1. The second-order valence-electron chi connectivity index (χ2n) is 15.0. The molecule has 7 aliphatic rings. The lowest BCUT2D eigenvalue weighted by molar-refractivity contribution is -0.158. The highest BCUT2D eigenvalue weighted by Crippen LogP contribution is 2.63. The van der Waals surface area contributed by atoms with Crippen molar-refractivity contribution < 1.29 is 33.3 Å². The van der Waals surface area contributed by atoms with Crippen molar-refractivity contribution >= 4 is 28.7 Å². The van der Waals surface area contributed by atoms with Crippen LogP contribution < -0.4 is 19.5 Å². The number of hydrogen-bond acceptors (Lipinski definition) is 12. The van der Waals surface area contributed by atoms with Gasteiger partial charge in [-0.05, 0) is 74.5 Å². The van der Waals surface area contributed by atoms with Gasteiger partial charge in [0.1, 0.15) is 24.0 Å². The number of nitrogens with one attached hydrogen (secondary N) is 1. The van der Waals surface area contributed by atoms with E-state index in [2.05, 4.69) is 54.2 Å². The first-order valence-electron chi connectivity index (χ1n) is 18.0. The van der Waals surface area contributed by atoms with E-state index < -0.39 is 23.6 Å². The number of carbonyl (C=O) groups is 1. The number of aryl methyl sites for hydroxylation is 1. The van der Waals surface area contributed by atoms with Crippen molar-refractivity contribution in [3.63, 3.8) is 0 Å². The third-order valence-electron chi connectivity index (χ3n) is 12.8. The van der Waals surface area contributed by atoms with Gasteiger partial charge < -0.3 is 28.5 Å². The highest BCUT2D eigenvalue weighted by atomic mass is 32.2. The maximum absolute atomic E-state index is 14.7. The minimum absolute atomic E-state index is 0.00555. The van der Waals surface area contributed by atoms with Gasteiger partial charge >= 0.3 is 5.97 Å². The van der Waals surface area contributed by atoms with Crippen molar-refractivity contribution in [3.8, 4) is 29.1 Å². The molecular weight excluding hydrogens is 681 g/mol. The van der Waals surface area contributed by atoms with Crippen LogP contribution in [0.3, 0.4) is 0 Å². The summed E-state index contributed by atoms with van der Waals surface area (Å²) in [6.07, 6.45) is 1.31. The Balaban J connectivity index is 1.23. The summed E-state index contributed by atoms with van der Waals surface area (Å²) in [7, 11) is 3.67. The molecule has 0 amide bonds. The zero-order valence-electron chi connectivity index (χ0n) is 29.7. The van der Waals surface area contributed by atoms with E-state index in [1.165, 1.54) is 0 Å². The second kappa shape index (κ2) is 11.3. The zero-order valence-corrected chi connectivity index (χ0v) is 30.6. The third-order valence-corrected chi connectivity index (χ3v) is 14.2. The molecule has 8 heterocycles. The Morgan fingerprint density at radius 2 is 1.90 bits per heavy atom. The number of fused-ring (bicyclic) bond motifs is 11. The van der Waals surface area contributed by atoms with E-state index in [1.54, 1.807) is 18.9 Å². The quantitative estimate of drug-likeness (QED) is 0.244. The fourth-order valence-corrected chi connectivity index (χ4v) is 12.1. The van der Waals surface area contributed by atoms with Gasteiger partial charge in [-0.25, -0.2) is 4.79 Å². The number of hydrogen-bond donors (Lipinski definition) is 2. The van der Waals surface area contributed by atoms with E-state index in [-0.39, 0.29) is 42.5 Å². The summed E-state index contributed by atoms with van der Waals surface area (Å²) in [6.45, 7) is 6.83. The van der Waals surface area contributed by atoms with Crippen LogP contribution in [0.2, 0.25) is 0 Å². The minimum atomic E-state index is -1.23. The number of phenols is 1. The molecule has 11 rings (SSSR count). The Morgan fingerprint density at radius 3 is 2.71 bits per heavy atom. The average molecular weight is 721 g/mol. The van der Waals surface area contributed by atoms with Crippen LogP contribution in [0.15, 0.2) is 34.7 Å². The van der Waals surface area contributed by atoms with Gasteiger partial charge in [-0.15, -0.1) is 11.8 Å². The summed E-state index contributed by atoms with van der Waals surface area (Å²) in [4.78, 5) is 19.3. The Morgan fingerprint density at radius 1 is 1.10 bits per heavy atom. The van der Waals surface area contributed by atoms with E-state index >= 15 is 0 Å². The van der Waals surface area contributed by atoms with Crippen molar-refractivity contribution in [3.05, 3.63) is 80.6 Å². The van der Waals surface area contributed by atoms with Crippen LogP contribution in [0.5, 0.6) is 23.0 Å². The molecule has 4 aromatic rings. The fraction of sp³-hybridized carbons (Fsp3) is 0.450. The van der Waals surface area contributed by atoms with Gasteiger partial charge in [0.15, 0.2) is 28.5 Å². The largest absolute Gasteiger partial charge is 0.504 e. The fourth-order valence-electron chi connectivity index (χ4n) is 10.4. The van der Waals surface area contributed by atoms with Crippen LogP contribution in [0, 0.1) is 32.1 Å². The Labute approximate surface area is 305 Å². The van der Waals surface area contributed by atoms with Gasteiger partial charge in [0, 0.05) is 51.7 Å². The summed E-state index contributed by atoms with van der Waals surface area (Å²) in [6, 6.07) is 10.9. The van der Waals surface area contributed by atoms with Gasteiger partial charge in [0.2, 0.25) is 6.79 Å². The first kappa shape index (κ1) is 32.3. The number of para-hydroxylation sites is 1.